The molecule has 0 saturated carbocycles. The van der Waals surface area contributed by atoms with Crippen molar-refractivity contribution in [3.63, 3.8) is 0 Å². The molecule has 0 unspecified atom stereocenters. The Bertz CT molecular complexity index is 1180. The molecule has 0 aliphatic heterocycles. The van der Waals surface area contributed by atoms with Crippen LogP contribution in [-0.2, 0) is 19.9 Å². The highest BCUT2D eigenvalue weighted by molar-refractivity contribution is 7.92. The minimum atomic E-state index is -3.88. The number of nitrogens with one attached hydrogen (secondary N) is 1. The lowest BCUT2D eigenvalue weighted by Gasteiger charge is -2.19. The Morgan fingerprint density at radius 2 is 1.47 bits per heavy atom. The number of hydrogen-bond donors (Lipinski definition) is 1. The molecule has 0 aliphatic rings. The Kier molecular flexibility index (Phi) is 6.70. The van der Waals surface area contributed by atoms with Gasteiger partial charge in [-0.3, -0.25) is 4.98 Å². The maximum Gasteiger partial charge on any atom is 0.240 e. The second-order valence-electron chi connectivity index (χ2n) is 7.21. The zero-order valence-corrected chi connectivity index (χ0v) is 18.4. The van der Waals surface area contributed by atoms with Gasteiger partial charge in [0.2, 0.25) is 10.0 Å². The van der Waals surface area contributed by atoms with Crippen LogP contribution in [-0.4, -0.2) is 28.4 Å². The van der Waals surface area contributed by atoms with Gasteiger partial charge in [0.25, 0.3) is 0 Å². The normalized spacial score (nSPS) is 13.3. The lowest BCUT2D eigenvalue weighted by molar-refractivity contribution is 0.568. The molecule has 30 heavy (non-hydrogen) atoms. The molecule has 2 aromatic carbocycles. The summed E-state index contributed by atoms with van der Waals surface area (Å²) < 4.78 is 54.5. The molecule has 6 nitrogen and oxygen atoms in total. The molecule has 3 aromatic rings. The van der Waals surface area contributed by atoms with Crippen LogP contribution in [0.4, 0.5) is 0 Å². The first kappa shape index (κ1) is 22.1. The van der Waals surface area contributed by atoms with E-state index in [1.165, 1.54) is 36.7 Å². The fourth-order valence-corrected chi connectivity index (χ4v) is 5.87. The third-order valence-electron chi connectivity index (χ3n) is 4.82. The van der Waals surface area contributed by atoms with E-state index in [1.807, 2.05) is 13.8 Å². The summed E-state index contributed by atoms with van der Waals surface area (Å²) in [4.78, 5) is 4.22. The zero-order valence-electron chi connectivity index (χ0n) is 16.8. The molecule has 1 N–H and O–H groups in total. The van der Waals surface area contributed by atoms with Crippen molar-refractivity contribution in [1.82, 2.24) is 9.71 Å². The molecule has 0 radical (unpaired) electrons. The van der Waals surface area contributed by atoms with E-state index in [4.69, 9.17) is 0 Å². The Balaban J connectivity index is 1.91. The van der Waals surface area contributed by atoms with Gasteiger partial charge in [-0.2, -0.15) is 0 Å². The van der Waals surface area contributed by atoms with Gasteiger partial charge in [0, 0.05) is 18.9 Å². The van der Waals surface area contributed by atoms with E-state index >= 15 is 0 Å². The molecule has 0 aliphatic carbocycles. The molecule has 3 rings (SSSR count). The van der Waals surface area contributed by atoms with E-state index in [1.54, 1.807) is 42.5 Å². The van der Waals surface area contributed by atoms with Gasteiger partial charge in [-0.1, -0.05) is 50.2 Å². The van der Waals surface area contributed by atoms with Gasteiger partial charge < -0.3 is 0 Å². The molecule has 1 aromatic heterocycles. The molecule has 0 amide bonds. The highest BCUT2D eigenvalue weighted by Gasteiger charge is 2.31. The van der Waals surface area contributed by atoms with Crippen molar-refractivity contribution >= 4 is 19.9 Å². The van der Waals surface area contributed by atoms with Crippen molar-refractivity contribution in [3.05, 3.63) is 90.3 Å². The minimum Gasteiger partial charge on any atom is -0.264 e. The van der Waals surface area contributed by atoms with Gasteiger partial charge in [0.05, 0.1) is 9.79 Å². The van der Waals surface area contributed by atoms with Crippen LogP contribution in [0.1, 0.15) is 36.1 Å². The van der Waals surface area contributed by atoms with Crippen LogP contribution in [0.25, 0.3) is 0 Å². The van der Waals surface area contributed by atoms with E-state index in [2.05, 4.69) is 9.71 Å². The highest BCUT2D eigenvalue weighted by atomic mass is 32.2. The Morgan fingerprint density at radius 1 is 0.800 bits per heavy atom. The van der Waals surface area contributed by atoms with Crippen molar-refractivity contribution in [2.75, 3.05) is 6.54 Å². The van der Waals surface area contributed by atoms with Gasteiger partial charge in [0.1, 0.15) is 5.25 Å². The summed E-state index contributed by atoms with van der Waals surface area (Å²) in [5, 5.41) is -1.11. The van der Waals surface area contributed by atoms with E-state index in [9.17, 15) is 16.8 Å². The Hall–Kier alpha value is -2.55. The number of pyridine rings is 1. The predicted octanol–water partition coefficient (Wildman–Crippen LogP) is 3.70. The molecule has 1 atom stereocenters. The number of sulfonamides is 1. The minimum absolute atomic E-state index is 0.0916. The lowest BCUT2D eigenvalue weighted by Crippen LogP contribution is -2.32. The van der Waals surface area contributed by atoms with Crippen LogP contribution in [0.3, 0.4) is 0 Å². The van der Waals surface area contributed by atoms with E-state index in [0.717, 1.165) is 5.56 Å². The molecule has 0 fully saturated rings. The number of nitrogens with zero attached hydrogens (tertiary/aromatic N) is 1. The lowest BCUT2D eigenvalue weighted by atomic mass is 10.0. The molecule has 1 heterocycles. The zero-order chi connectivity index (χ0) is 21.8. The Morgan fingerprint density at radius 3 is 2.03 bits per heavy atom. The number of hydrogen-bond acceptors (Lipinski definition) is 5. The number of sulfone groups is 1. The van der Waals surface area contributed by atoms with Crippen LogP contribution < -0.4 is 4.72 Å². The van der Waals surface area contributed by atoms with Gasteiger partial charge >= 0.3 is 0 Å². The van der Waals surface area contributed by atoms with E-state index in [0.29, 0.717) is 5.56 Å². The number of rotatable bonds is 8. The van der Waals surface area contributed by atoms with Gasteiger partial charge in [0.15, 0.2) is 9.84 Å². The third-order valence-corrected chi connectivity index (χ3v) is 8.37. The summed E-state index contributed by atoms with van der Waals surface area (Å²) in [5.41, 5.74) is 1.44. The summed E-state index contributed by atoms with van der Waals surface area (Å²) in [7, 11) is -7.73. The van der Waals surface area contributed by atoms with Crippen LogP contribution >= 0.6 is 0 Å². The molecule has 0 bridgehead atoms. The predicted molar refractivity (Wildman–Crippen MR) is 116 cm³/mol. The largest absolute Gasteiger partial charge is 0.264 e. The van der Waals surface area contributed by atoms with Crippen molar-refractivity contribution in [2.24, 2.45) is 0 Å². The SMILES string of the molecule is CC(C)c1ccc(S(=O)(=O)NC[C@H](c2cccnc2)S(=O)(=O)c2ccccc2)cc1. The maximum absolute atomic E-state index is 13.2. The average Bonchev–Trinajstić information content (AvgIpc) is 2.75. The topological polar surface area (TPSA) is 93.2 Å². The summed E-state index contributed by atoms with van der Waals surface area (Å²) >= 11 is 0. The molecule has 8 heteroatoms. The first-order valence-electron chi connectivity index (χ1n) is 9.50. The van der Waals surface area contributed by atoms with Crippen molar-refractivity contribution in [1.29, 1.82) is 0 Å². The maximum atomic E-state index is 13.2. The van der Waals surface area contributed by atoms with E-state index in [-0.39, 0.29) is 22.3 Å². The first-order chi connectivity index (χ1) is 14.2. The monoisotopic (exact) mass is 444 g/mol. The first-order valence-corrected chi connectivity index (χ1v) is 12.5. The summed E-state index contributed by atoms with van der Waals surface area (Å²) in [5.74, 6) is 0.278. The van der Waals surface area contributed by atoms with Gasteiger partial charge in [-0.05, 0) is 47.4 Å². The fraction of sp³-hybridized carbons (Fsp3) is 0.227. The van der Waals surface area contributed by atoms with Crippen LogP contribution in [0, 0.1) is 0 Å². The smallest absolute Gasteiger partial charge is 0.240 e. The molecule has 0 saturated heterocycles. The second kappa shape index (κ2) is 9.07. The second-order valence-corrected chi connectivity index (χ2v) is 11.1. The molecule has 158 valence electrons. The van der Waals surface area contributed by atoms with Crippen LogP contribution in [0.5, 0.6) is 0 Å². The number of benzene rings is 2. The highest BCUT2D eigenvalue weighted by Crippen LogP contribution is 2.28. The van der Waals surface area contributed by atoms with Gasteiger partial charge in [-0.15, -0.1) is 0 Å². The van der Waals surface area contributed by atoms with Crippen LogP contribution in [0.2, 0.25) is 0 Å². The average molecular weight is 445 g/mol. The summed E-state index contributed by atoms with van der Waals surface area (Å²) in [6, 6.07) is 17.8. The molecule has 0 spiro atoms. The van der Waals surface area contributed by atoms with Crippen molar-refractivity contribution in [2.45, 2.75) is 34.8 Å². The summed E-state index contributed by atoms with van der Waals surface area (Å²) in [6.45, 7) is 3.74. The number of aromatic nitrogens is 1. The van der Waals surface area contributed by atoms with Crippen LogP contribution in [0.15, 0.2) is 88.9 Å². The molecular weight excluding hydrogens is 420 g/mol. The quantitative estimate of drug-likeness (QED) is 0.572. The van der Waals surface area contributed by atoms with Gasteiger partial charge in [-0.25, -0.2) is 21.6 Å². The van der Waals surface area contributed by atoms with Crippen molar-refractivity contribution < 1.29 is 16.8 Å². The standard InChI is InChI=1S/C22H24N2O4S2/c1-17(2)18-10-12-21(13-11-18)30(27,28)24-16-22(19-7-6-14-23-15-19)29(25,26)20-8-4-3-5-9-20/h3-15,17,22,24H,16H2,1-2H3/t22-/m1/s1. The van der Waals surface area contributed by atoms with E-state index < -0.39 is 25.1 Å². The Labute approximate surface area is 178 Å². The molecular formula is C22H24N2O4S2. The third kappa shape index (κ3) is 4.95. The van der Waals surface area contributed by atoms with Crippen molar-refractivity contribution in [3.8, 4) is 0 Å². The summed E-state index contributed by atoms with van der Waals surface area (Å²) in [6.07, 6.45) is 2.98. The fourth-order valence-electron chi connectivity index (χ4n) is 3.05.